The molecule has 0 saturated heterocycles. The molecule has 0 aromatic heterocycles. The van der Waals surface area contributed by atoms with Crippen molar-refractivity contribution in [2.45, 2.75) is 6.92 Å². The lowest BCUT2D eigenvalue weighted by Gasteiger charge is -1.91. The molecule has 0 aromatic rings. The number of hydrogen-bond donors (Lipinski definition) is 1. The molecule has 0 atom stereocenters. The summed E-state index contributed by atoms with van der Waals surface area (Å²) in [6, 6.07) is 0. The van der Waals surface area contributed by atoms with Gasteiger partial charge in [-0.3, -0.25) is 9.79 Å². The second-order valence-electron chi connectivity index (χ2n) is 1.74. The number of nitrogens with two attached hydrogens (primary N) is 1. The van der Waals surface area contributed by atoms with E-state index in [2.05, 4.69) is 4.99 Å². The number of nitrogens with zero attached hydrogens (tertiary/aromatic N) is 1. The van der Waals surface area contributed by atoms with Crippen LogP contribution in [0.5, 0.6) is 0 Å². The highest BCUT2D eigenvalue weighted by Gasteiger charge is 1.98. The summed E-state index contributed by atoms with van der Waals surface area (Å²) in [5.41, 5.74) is 5.88. The summed E-state index contributed by atoms with van der Waals surface area (Å²) in [6.45, 7) is 1.73. The van der Waals surface area contributed by atoms with E-state index in [1.165, 1.54) is 6.08 Å². The van der Waals surface area contributed by atoms with Crippen molar-refractivity contribution < 1.29 is 4.79 Å². The van der Waals surface area contributed by atoms with Gasteiger partial charge in [-0.2, -0.15) is 0 Å². The fourth-order valence-electron chi connectivity index (χ4n) is 0.346. The molecule has 56 valence electrons. The lowest BCUT2D eigenvalue weighted by atomic mass is 10.3. The Kier molecular flexibility index (Phi) is 3.72. The Balaban J connectivity index is 4.31. The number of hydrogen-bond acceptors (Lipinski definition) is 3. The molecule has 0 spiro atoms. The maximum absolute atomic E-state index is 10.3. The summed E-state index contributed by atoms with van der Waals surface area (Å²) < 4.78 is 0. The topological polar surface area (TPSA) is 55.4 Å². The Labute approximate surface area is 64.6 Å². The van der Waals surface area contributed by atoms with Crippen molar-refractivity contribution in [1.82, 2.24) is 0 Å². The van der Waals surface area contributed by atoms with E-state index in [1.54, 1.807) is 14.0 Å². The van der Waals surface area contributed by atoms with Crippen LogP contribution >= 0.6 is 11.6 Å². The van der Waals surface area contributed by atoms with Crippen LogP contribution in [0.3, 0.4) is 0 Å². The molecule has 0 aliphatic heterocycles. The normalized spacial score (nSPS) is 13.5. The van der Waals surface area contributed by atoms with Crippen molar-refractivity contribution in [3.8, 4) is 0 Å². The minimum atomic E-state index is -0.650. The molecule has 0 amide bonds. The summed E-state index contributed by atoms with van der Waals surface area (Å²) in [5.74, 6) is 0. The van der Waals surface area contributed by atoms with Crippen LogP contribution in [0.2, 0.25) is 0 Å². The quantitative estimate of drug-likeness (QED) is 0.367. The van der Waals surface area contributed by atoms with Gasteiger partial charge in [-0.15, -0.1) is 0 Å². The maximum Gasteiger partial charge on any atom is 0.268 e. The number of carbonyl (C=O) groups excluding carboxylic acids is 1. The zero-order chi connectivity index (χ0) is 8.15. The molecule has 0 unspecified atom stereocenters. The van der Waals surface area contributed by atoms with Crippen molar-refractivity contribution in [3.05, 3.63) is 11.8 Å². The molecule has 0 aromatic carbocycles. The summed E-state index contributed by atoms with van der Waals surface area (Å²) in [7, 11) is 1.61. The van der Waals surface area contributed by atoms with Gasteiger partial charge in [-0.1, -0.05) is 0 Å². The second-order valence-corrected chi connectivity index (χ2v) is 2.08. The average molecular weight is 161 g/mol. The first-order valence-corrected chi connectivity index (χ1v) is 3.06. The Bertz CT molecular complexity index is 196. The van der Waals surface area contributed by atoms with Crippen LogP contribution in [0.25, 0.3) is 0 Å². The lowest BCUT2D eigenvalue weighted by molar-refractivity contribution is -0.108. The molecule has 0 radical (unpaired) electrons. The van der Waals surface area contributed by atoms with Gasteiger partial charge in [0.25, 0.3) is 5.24 Å². The van der Waals surface area contributed by atoms with Crippen molar-refractivity contribution in [2.75, 3.05) is 7.05 Å². The fraction of sp³-hybridized carbons (Fsp3) is 0.333. The minimum absolute atomic E-state index is 0.0183. The van der Waals surface area contributed by atoms with E-state index in [-0.39, 0.29) is 5.70 Å². The van der Waals surface area contributed by atoms with Gasteiger partial charge in [0.1, 0.15) is 0 Å². The van der Waals surface area contributed by atoms with Gasteiger partial charge < -0.3 is 5.73 Å². The number of rotatable bonds is 2. The molecule has 0 fully saturated rings. The van der Waals surface area contributed by atoms with Crippen LogP contribution in [-0.4, -0.2) is 18.0 Å². The summed E-state index contributed by atoms with van der Waals surface area (Å²) in [6.07, 6.45) is 1.43. The molecular weight excluding hydrogens is 152 g/mol. The molecule has 0 aliphatic carbocycles. The predicted molar refractivity (Wildman–Crippen MR) is 42.2 cm³/mol. The van der Waals surface area contributed by atoms with Gasteiger partial charge in [-0.25, -0.2) is 0 Å². The van der Waals surface area contributed by atoms with Gasteiger partial charge in [-0.05, 0) is 24.6 Å². The highest BCUT2D eigenvalue weighted by Crippen LogP contribution is 1.92. The van der Waals surface area contributed by atoms with Gasteiger partial charge in [0.05, 0.1) is 5.70 Å². The van der Waals surface area contributed by atoms with Crippen molar-refractivity contribution in [2.24, 2.45) is 10.7 Å². The van der Waals surface area contributed by atoms with E-state index < -0.39 is 5.24 Å². The first-order valence-electron chi connectivity index (χ1n) is 2.68. The number of aliphatic imine (C=N–C) groups is 1. The predicted octanol–water partition coefficient (Wildman–Crippen LogP) is 0.685. The molecule has 0 saturated carbocycles. The number of allylic oxidation sites excluding steroid dienone is 2. The molecule has 0 heterocycles. The molecule has 3 nitrogen and oxygen atoms in total. The summed E-state index contributed by atoms with van der Waals surface area (Å²) in [5, 5.41) is -0.650. The Morgan fingerprint density at radius 2 is 2.20 bits per heavy atom. The summed E-state index contributed by atoms with van der Waals surface area (Å²) in [4.78, 5) is 14.1. The van der Waals surface area contributed by atoms with Crippen LogP contribution in [0.4, 0.5) is 0 Å². The maximum atomic E-state index is 10.3. The van der Waals surface area contributed by atoms with E-state index in [4.69, 9.17) is 17.3 Å². The highest BCUT2D eigenvalue weighted by atomic mass is 35.5. The Morgan fingerprint density at radius 3 is 2.50 bits per heavy atom. The first-order chi connectivity index (χ1) is 4.57. The first kappa shape index (κ1) is 9.17. The van der Waals surface area contributed by atoms with Crippen LogP contribution in [0.15, 0.2) is 16.8 Å². The van der Waals surface area contributed by atoms with Crippen molar-refractivity contribution in [1.29, 1.82) is 0 Å². The largest absolute Gasteiger partial charge is 0.395 e. The third-order valence-electron chi connectivity index (χ3n) is 0.944. The number of halogens is 1. The van der Waals surface area contributed by atoms with E-state index in [0.717, 1.165) is 0 Å². The van der Waals surface area contributed by atoms with E-state index in [1.807, 2.05) is 0 Å². The fourth-order valence-corrected chi connectivity index (χ4v) is 0.401. The highest BCUT2D eigenvalue weighted by molar-refractivity contribution is 6.67. The Morgan fingerprint density at radius 1 is 1.70 bits per heavy atom. The molecule has 4 heteroatoms. The molecule has 10 heavy (non-hydrogen) atoms. The molecule has 0 rings (SSSR count). The average Bonchev–Trinajstić information content (AvgIpc) is 1.87. The second kappa shape index (κ2) is 4.06. The summed E-state index contributed by atoms with van der Waals surface area (Å²) >= 11 is 5.04. The van der Waals surface area contributed by atoms with Crippen LogP contribution in [-0.2, 0) is 4.79 Å². The van der Waals surface area contributed by atoms with Crippen molar-refractivity contribution in [3.63, 3.8) is 0 Å². The van der Waals surface area contributed by atoms with Gasteiger partial charge >= 0.3 is 0 Å². The van der Waals surface area contributed by atoms with Gasteiger partial charge in [0, 0.05) is 12.8 Å². The standard InChI is InChI=1S/C6H9ClN2O/c1-4(9-2)3-5(8)6(7)10/h3H,8H2,1-2H3. The van der Waals surface area contributed by atoms with E-state index in [9.17, 15) is 4.79 Å². The zero-order valence-electron chi connectivity index (χ0n) is 5.89. The van der Waals surface area contributed by atoms with E-state index >= 15 is 0 Å². The molecule has 2 N–H and O–H groups in total. The van der Waals surface area contributed by atoms with Crippen LogP contribution in [0.1, 0.15) is 6.92 Å². The van der Waals surface area contributed by atoms with Crippen LogP contribution < -0.4 is 5.73 Å². The van der Waals surface area contributed by atoms with Crippen LogP contribution in [0, 0.1) is 0 Å². The number of carbonyl (C=O) groups is 1. The van der Waals surface area contributed by atoms with Gasteiger partial charge in [0.15, 0.2) is 0 Å². The third-order valence-corrected chi connectivity index (χ3v) is 1.16. The zero-order valence-corrected chi connectivity index (χ0v) is 6.64. The van der Waals surface area contributed by atoms with Crippen molar-refractivity contribution >= 4 is 22.6 Å². The van der Waals surface area contributed by atoms with E-state index in [0.29, 0.717) is 5.71 Å². The lowest BCUT2D eigenvalue weighted by Crippen LogP contribution is -2.06. The van der Waals surface area contributed by atoms with Gasteiger partial charge in [0.2, 0.25) is 0 Å². The smallest absolute Gasteiger partial charge is 0.268 e. The monoisotopic (exact) mass is 160 g/mol. The Hall–Kier alpha value is -0.830. The molecule has 0 aliphatic rings. The third kappa shape index (κ3) is 3.25. The molecular formula is C6H9ClN2O. The molecule has 0 bridgehead atoms. The minimum Gasteiger partial charge on any atom is -0.395 e. The SMILES string of the molecule is CN=C(C)C=C(N)C(=O)Cl.